The Labute approximate surface area is 104 Å². The minimum absolute atomic E-state index is 0.267. The van der Waals surface area contributed by atoms with Gasteiger partial charge in [0.15, 0.2) is 5.96 Å². The van der Waals surface area contributed by atoms with Gasteiger partial charge in [0.2, 0.25) is 0 Å². The van der Waals surface area contributed by atoms with E-state index < -0.39 is 0 Å². The van der Waals surface area contributed by atoms with Crippen molar-refractivity contribution < 1.29 is 9.47 Å². The molecule has 5 heteroatoms. The van der Waals surface area contributed by atoms with Gasteiger partial charge in [-0.05, 0) is 13.3 Å². The first kappa shape index (κ1) is 14.3. The highest BCUT2D eigenvalue weighted by Gasteiger charge is 2.33. The molecule has 0 spiro atoms. The number of ether oxygens (including phenoxy) is 2. The van der Waals surface area contributed by atoms with Crippen molar-refractivity contribution in [3.8, 4) is 0 Å². The van der Waals surface area contributed by atoms with Crippen molar-refractivity contribution in [1.29, 1.82) is 0 Å². The molecule has 0 aliphatic carbocycles. The summed E-state index contributed by atoms with van der Waals surface area (Å²) in [6.45, 7) is 9.26. The van der Waals surface area contributed by atoms with Crippen LogP contribution in [0.3, 0.4) is 0 Å². The van der Waals surface area contributed by atoms with E-state index in [0.29, 0.717) is 0 Å². The number of guanidine groups is 1. The fourth-order valence-electron chi connectivity index (χ4n) is 1.60. The predicted octanol–water partition coefficient (Wildman–Crippen LogP) is 0.615. The molecule has 0 atom stereocenters. The van der Waals surface area contributed by atoms with E-state index in [1.54, 1.807) is 7.05 Å². The van der Waals surface area contributed by atoms with Gasteiger partial charge in [-0.1, -0.05) is 6.92 Å². The highest BCUT2D eigenvalue weighted by atomic mass is 16.5. The van der Waals surface area contributed by atoms with Crippen LogP contribution in [0.1, 0.15) is 20.3 Å². The van der Waals surface area contributed by atoms with Crippen LogP contribution in [-0.2, 0) is 9.47 Å². The molecule has 1 aliphatic rings. The number of nitrogens with one attached hydrogen (secondary N) is 2. The van der Waals surface area contributed by atoms with Gasteiger partial charge in [-0.2, -0.15) is 0 Å². The van der Waals surface area contributed by atoms with Gasteiger partial charge in [-0.25, -0.2) is 0 Å². The highest BCUT2D eigenvalue weighted by molar-refractivity contribution is 5.79. The molecule has 5 nitrogen and oxygen atoms in total. The summed E-state index contributed by atoms with van der Waals surface area (Å²) < 4.78 is 10.5. The second-order valence-electron chi connectivity index (χ2n) is 4.71. The minimum atomic E-state index is 0.267. The molecule has 2 N–H and O–H groups in total. The maximum Gasteiger partial charge on any atom is 0.191 e. The van der Waals surface area contributed by atoms with Crippen LogP contribution in [0.5, 0.6) is 0 Å². The van der Waals surface area contributed by atoms with Gasteiger partial charge >= 0.3 is 0 Å². The standard InChI is InChI=1S/C12H25N3O2/c1-4-16-7-5-6-14-11(13-3)15-8-12(2)9-17-10-12/h4-10H2,1-3H3,(H2,13,14,15). The summed E-state index contributed by atoms with van der Waals surface area (Å²) in [6.07, 6.45) is 0.995. The van der Waals surface area contributed by atoms with Gasteiger partial charge in [0.25, 0.3) is 0 Å². The molecule has 0 aromatic rings. The predicted molar refractivity (Wildman–Crippen MR) is 69.4 cm³/mol. The summed E-state index contributed by atoms with van der Waals surface area (Å²) in [4.78, 5) is 4.18. The van der Waals surface area contributed by atoms with E-state index in [0.717, 1.165) is 51.9 Å². The lowest BCUT2D eigenvalue weighted by atomic mass is 9.89. The molecule has 1 fully saturated rings. The molecule has 0 amide bonds. The molecular formula is C12H25N3O2. The molecule has 0 unspecified atom stereocenters. The van der Waals surface area contributed by atoms with Crippen LogP contribution in [0.4, 0.5) is 0 Å². The number of aliphatic imine (C=N–C) groups is 1. The Bertz CT molecular complexity index is 240. The topological polar surface area (TPSA) is 54.9 Å². The van der Waals surface area contributed by atoms with Crippen LogP contribution in [0, 0.1) is 5.41 Å². The normalized spacial score (nSPS) is 18.6. The summed E-state index contributed by atoms with van der Waals surface area (Å²) in [5.41, 5.74) is 0.267. The summed E-state index contributed by atoms with van der Waals surface area (Å²) >= 11 is 0. The van der Waals surface area contributed by atoms with Gasteiger partial charge in [0.05, 0.1) is 13.2 Å². The third-order valence-corrected chi connectivity index (χ3v) is 2.77. The molecule has 0 aromatic heterocycles. The van der Waals surface area contributed by atoms with Gasteiger partial charge < -0.3 is 20.1 Å². The number of rotatable bonds is 7. The van der Waals surface area contributed by atoms with Gasteiger partial charge in [-0.15, -0.1) is 0 Å². The minimum Gasteiger partial charge on any atom is -0.382 e. The Morgan fingerprint density at radius 1 is 1.41 bits per heavy atom. The monoisotopic (exact) mass is 243 g/mol. The number of nitrogens with zero attached hydrogens (tertiary/aromatic N) is 1. The van der Waals surface area contributed by atoms with E-state index >= 15 is 0 Å². The van der Waals surface area contributed by atoms with E-state index in [1.165, 1.54) is 0 Å². The van der Waals surface area contributed by atoms with Crippen LogP contribution < -0.4 is 10.6 Å². The Kier molecular flexibility index (Phi) is 6.29. The largest absolute Gasteiger partial charge is 0.382 e. The second-order valence-corrected chi connectivity index (χ2v) is 4.71. The van der Waals surface area contributed by atoms with E-state index in [4.69, 9.17) is 9.47 Å². The molecule has 0 radical (unpaired) electrons. The maximum absolute atomic E-state index is 5.27. The molecule has 0 saturated carbocycles. The first-order chi connectivity index (χ1) is 8.20. The third-order valence-electron chi connectivity index (χ3n) is 2.77. The SMILES string of the molecule is CCOCCCNC(=NC)NCC1(C)COC1. The highest BCUT2D eigenvalue weighted by Crippen LogP contribution is 2.24. The summed E-state index contributed by atoms with van der Waals surface area (Å²) in [6, 6.07) is 0. The molecule has 1 saturated heterocycles. The molecule has 0 aromatic carbocycles. The van der Waals surface area contributed by atoms with E-state index in [2.05, 4.69) is 22.5 Å². The molecule has 1 heterocycles. The molecule has 17 heavy (non-hydrogen) atoms. The van der Waals surface area contributed by atoms with Crippen LogP contribution in [0.25, 0.3) is 0 Å². The van der Waals surface area contributed by atoms with Crippen LogP contribution in [0.2, 0.25) is 0 Å². The summed E-state index contributed by atoms with van der Waals surface area (Å²) in [5.74, 6) is 0.856. The molecule has 100 valence electrons. The average molecular weight is 243 g/mol. The third kappa shape index (κ3) is 5.37. The zero-order valence-electron chi connectivity index (χ0n) is 11.2. The smallest absolute Gasteiger partial charge is 0.191 e. The van der Waals surface area contributed by atoms with Crippen LogP contribution in [0.15, 0.2) is 4.99 Å². The van der Waals surface area contributed by atoms with Crippen molar-refractivity contribution in [3.63, 3.8) is 0 Å². The zero-order chi connectivity index (χ0) is 12.6. The fraction of sp³-hybridized carbons (Fsp3) is 0.917. The van der Waals surface area contributed by atoms with E-state index in [1.807, 2.05) is 6.92 Å². The lowest BCUT2D eigenvalue weighted by Gasteiger charge is -2.38. The number of hydrogen-bond donors (Lipinski definition) is 2. The van der Waals surface area contributed by atoms with Gasteiger partial charge in [-0.3, -0.25) is 4.99 Å². The van der Waals surface area contributed by atoms with E-state index in [9.17, 15) is 0 Å². The first-order valence-corrected chi connectivity index (χ1v) is 6.30. The van der Waals surface area contributed by atoms with Crippen LogP contribution >= 0.6 is 0 Å². The van der Waals surface area contributed by atoms with Gasteiger partial charge in [0.1, 0.15) is 0 Å². The zero-order valence-corrected chi connectivity index (χ0v) is 11.2. The van der Waals surface area contributed by atoms with Gasteiger partial charge in [0, 0.05) is 38.8 Å². The fourth-order valence-corrected chi connectivity index (χ4v) is 1.60. The van der Waals surface area contributed by atoms with Crippen molar-refractivity contribution in [2.45, 2.75) is 20.3 Å². The average Bonchev–Trinajstić information content (AvgIpc) is 2.30. The Morgan fingerprint density at radius 2 is 2.18 bits per heavy atom. The van der Waals surface area contributed by atoms with Crippen molar-refractivity contribution in [2.75, 3.05) is 46.6 Å². The Balaban J connectivity index is 2.07. The summed E-state index contributed by atoms with van der Waals surface area (Å²) in [5, 5.41) is 6.59. The van der Waals surface area contributed by atoms with Crippen molar-refractivity contribution in [1.82, 2.24) is 10.6 Å². The molecule has 0 bridgehead atoms. The molecule has 1 aliphatic heterocycles. The lowest BCUT2D eigenvalue weighted by molar-refractivity contribution is -0.0971. The van der Waals surface area contributed by atoms with Crippen LogP contribution in [-0.4, -0.2) is 52.5 Å². The quantitative estimate of drug-likeness (QED) is 0.391. The Morgan fingerprint density at radius 3 is 2.71 bits per heavy atom. The van der Waals surface area contributed by atoms with E-state index in [-0.39, 0.29) is 5.41 Å². The van der Waals surface area contributed by atoms with Crippen molar-refractivity contribution in [2.24, 2.45) is 10.4 Å². The lowest BCUT2D eigenvalue weighted by Crippen LogP contribution is -2.51. The molecular weight excluding hydrogens is 218 g/mol. The Hall–Kier alpha value is -0.810. The second kappa shape index (κ2) is 7.50. The maximum atomic E-state index is 5.27. The molecule has 1 rings (SSSR count). The first-order valence-electron chi connectivity index (χ1n) is 6.30. The summed E-state index contributed by atoms with van der Waals surface area (Å²) in [7, 11) is 1.79. The number of hydrogen-bond acceptors (Lipinski definition) is 3. The van der Waals surface area contributed by atoms with Crippen molar-refractivity contribution >= 4 is 5.96 Å². The van der Waals surface area contributed by atoms with Crippen molar-refractivity contribution in [3.05, 3.63) is 0 Å².